The Balaban J connectivity index is 1.45. The van der Waals surface area contributed by atoms with Crippen molar-refractivity contribution in [1.82, 2.24) is 9.97 Å². The number of nitrogens with one attached hydrogen (secondary N) is 1. The molecule has 152 valence electrons. The summed E-state index contributed by atoms with van der Waals surface area (Å²) in [5.41, 5.74) is 3.29. The van der Waals surface area contributed by atoms with Gasteiger partial charge in [0.2, 0.25) is 5.91 Å². The lowest BCUT2D eigenvalue weighted by molar-refractivity contribution is -0.113. The molecule has 0 unspecified atom stereocenters. The van der Waals surface area contributed by atoms with Gasteiger partial charge in [0.1, 0.15) is 15.9 Å². The standard InChI is InChI=1S/C24H16FN3OS2/c25-16-9-11-17(12-10-16)26-22(29)14-30-23-18(13-15-5-1-2-6-19(15)27-23)24-28-20-7-3-4-8-21(20)31-24/h1-13H,14H2,(H,26,29). The van der Waals surface area contributed by atoms with Crippen LogP contribution in [0.1, 0.15) is 0 Å². The van der Waals surface area contributed by atoms with E-state index in [1.54, 1.807) is 23.5 Å². The van der Waals surface area contributed by atoms with Gasteiger partial charge in [-0.1, -0.05) is 42.1 Å². The maximum absolute atomic E-state index is 13.1. The van der Waals surface area contributed by atoms with Gasteiger partial charge in [-0.05, 0) is 48.5 Å². The van der Waals surface area contributed by atoms with Crippen LogP contribution in [0.5, 0.6) is 0 Å². The van der Waals surface area contributed by atoms with Crippen molar-refractivity contribution in [2.24, 2.45) is 0 Å². The Morgan fingerprint density at radius 1 is 0.935 bits per heavy atom. The average molecular weight is 446 g/mol. The molecule has 0 fully saturated rings. The lowest BCUT2D eigenvalue weighted by Crippen LogP contribution is -2.14. The van der Waals surface area contributed by atoms with E-state index in [0.717, 1.165) is 36.7 Å². The van der Waals surface area contributed by atoms with Crippen LogP contribution < -0.4 is 5.32 Å². The topological polar surface area (TPSA) is 54.9 Å². The molecule has 0 aliphatic rings. The Labute approximate surface area is 186 Å². The molecule has 5 aromatic rings. The number of anilines is 1. The van der Waals surface area contributed by atoms with Gasteiger partial charge >= 0.3 is 0 Å². The minimum atomic E-state index is -0.340. The number of fused-ring (bicyclic) bond motifs is 2. The van der Waals surface area contributed by atoms with Crippen molar-refractivity contribution in [3.63, 3.8) is 0 Å². The molecule has 0 radical (unpaired) electrons. The largest absolute Gasteiger partial charge is 0.325 e. The van der Waals surface area contributed by atoms with Gasteiger partial charge in [0.25, 0.3) is 0 Å². The molecule has 4 nitrogen and oxygen atoms in total. The minimum Gasteiger partial charge on any atom is -0.325 e. The number of benzene rings is 3. The van der Waals surface area contributed by atoms with Gasteiger partial charge in [-0.25, -0.2) is 14.4 Å². The molecule has 7 heteroatoms. The highest BCUT2D eigenvalue weighted by atomic mass is 32.2. The molecule has 0 atom stereocenters. The number of rotatable bonds is 5. The molecule has 3 aromatic carbocycles. The average Bonchev–Trinajstić information content (AvgIpc) is 3.23. The third kappa shape index (κ3) is 4.28. The van der Waals surface area contributed by atoms with Crippen LogP contribution in [-0.2, 0) is 4.79 Å². The first-order chi connectivity index (χ1) is 15.2. The Kier molecular flexibility index (Phi) is 5.36. The molecule has 0 aliphatic carbocycles. The van der Waals surface area contributed by atoms with Gasteiger partial charge in [-0.2, -0.15) is 0 Å². The molecule has 31 heavy (non-hydrogen) atoms. The van der Waals surface area contributed by atoms with Crippen LogP contribution in [0.2, 0.25) is 0 Å². The van der Waals surface area contributed by atoms with E-state index in [1.807, 2.05) is 48.5 Å². The van der Waals surface area contributed by atoms with Crippen molar-refractivity contribution in [3.8, 4) is 10.6 Å². The monoisotopic (exact) mass is 445 g/mol. The number of thiazole rings is 1. The van der Waals surface area contributed by atoms with Crippen LogP contribution in [0.15, 0.2) is 83.9 Å². The summed E-state index contributed by atoms with van der Waals surface area (Å²) in [5.74, 6) is -0.337. The number of carbonyl (C=O) groups is 1. The van der Waals surface area contributed by atoms with E-state index >= 15 is 0 Å². The van der Waals surface area contributed by atoms with Crippen LogP contribution in [-0.4, -0.2) is 21.6 Å². The van der Waals surface area contributed by atoms with Crippen molar-refractivity contribution in [3.05, 3.63) is 84.7 Å². The maximum Gasteiger partial charge on any atom is 0.234 e. The van der Waals surface area contributed by atoms with Crippen molar-refractivity contribution in [2.45, 2.75) is 5.03 Å². The fraction of sp³-hybridized carbons (Fsp3) is 0.0417. The molecule has 2 aromatic heterocycles. The second kappa shape index (κ2) is 8.45. The Morgan fingerprint density at radius 2 is 1.68 bits per heavy atom. The van der Waals surface area contributed by atoms with Crippen LogP contribution in [0.3, 0.4) is 0 Å². The number of nitrogens with zero attached hydrogens (tertiary/aromatic N) is 2. The normalized spacial score (nSPS) is 11.1. The van der Waals surface area contributed by atoms with E-state index < -0.39 is 0 Å². The molecule has 1 N–H and O–H groups in total. The fourth-order valence-corrected chi connectivity index (χ4v) is 5.07. The second-order valence-electron chi connectivity index (χ2n) is 6.86. The van der Waals surface area contributed by atoms with Crippen molar-refractivity contribution in [1.29, 1.82) is 0 Å². The van der Waals surface area contributed by atoms with Crippen molar-refractivity contribution >= 4 is 55.8 Å². The van der Waals surface area contributed by atoms with Crippen LogP contribution in [0.25, 0.3) is 31.7 Å². The van der Waals surface area contributed by atoms with Gasteiger partial charge in [0.15, 0.2) is 0 Å². The summed E-state index contributed by atoms with van der Waals surface area (Å²) in [7, 11) is 0. The molecule has 0 saturated carbocycles. The molecular formula is C24H16FN3OS2. The Hall–Kier alpha value is -3.29. The zero-order chi connectivity index (χ0) is 21.2. The second-order valence-corrected chi connectivity index (χ2v) is 8.86. The Bertz CT molecular complexity index is 1370. The van der Waals surface area contributed by atoms with E-state index in [0.29, 0.717) is 5.69 Å². The van der Waals surface area contributed by atoms with Crippen LogP contribution in [0, 0.1) is 5.82 Å². The van der Waals surface area contributed by atoms with Gasteiger partial charge < -0.3 is 5.32 Å². The lowest BCUT2D eigenvalue weighted by Gasteiger charge is -2.09. The first-order valence-electron chi connectivity index (χ1n) is 9.60. The number of hydrogen-bond donors (Lipinski definition) is 1. The molecule has 0 bridgehead atoms. The van der Waals surface area contributed by atoms with Gasteiger partial charge in [0, 0.05) is 16.6 Å². The van der Waals surface area contributed by atoms with Gasteiger partial charge in [-0.15, -0.1) is 11.3 Å². The quantitative estimate of drug-likeness (QED) is 0.319. The van der Waals surface area contributed by atoms with Crippen LogP contribution >= 0.6 is 23.1 Å². The number of hydrogen-bond acceptors (Lipinski definition) is 5. The SMILES string of the molecule is O=C(CSc1nc2ccccc2cc1-c1nc2ccccc2s1)Nc1ccc(F)cc1. The minimum absolute atomic E-state index is 0.179. The number of thioether (sulfide) groups is 1. The molecule has 0 saturated heterocycles. The van der Waals surface area contributed by atoms with E-state index in [9.17, 15) is 9.18 Å². The first-order valence-corrected chi connectivity index (χ1v) is 11.4. The highest BCUT2D eigenvalue weighted by Gasteiger charge is 2.15. The van der Waals surface area contributed by atoms with E-state index in [2.05, 4.69) is 11.4 Å². The smallest absolute Gasteiger partial charge is 0.234 e. The summed E-state index contributed by atoms with van der Waals surface area (Å²) < 4.78 is 14.2. The number of para-hydroxylation sites is 2. The zero-order valence-electron chi connectivity index (χ0n) is 16.2. The molecule has 0 spiro atoms. The summed E-state index contributed by atoms with van der Waals surface area (Å²) in [6.45, 7) is 0. The number of halogens is 1. The van der Waals surface area contributed by atoms with E-state index in [-0.39, 0.29) is 17.5 Å². The lowest BCUT2D eigenvalue weighted by atomic mass is 10.1. The van der Waals surface area contributed by atoms with Crippen LogP contribution in [0.4, 0.5) is 10.1 Å². The highest BCUT2D eigenvalue weighted by Crippen LogP contribution is 2.37. The molecule has 1 amide bonds. The summed E-state index contributed by atoms with van der Waals surface area (Å²) in [5, 5.41) is 5.45. The van der Waals surface area contributed by atoms with Crippen molar-refractivity contribution < 1.29 is 9.18 Å². The summed E-state index contributed by atoms with van der Waals surface area (Å²) >= 11 is 2.98. The third-order valence-electron chi connectivity index (χ3n) is 4.68. The van der Waals surface area contributed by atoms with Crippen molar-refractivity contribution in [2.75, 3.05) is 11.1 Å². The highest BCUT2D eigenvalue weighted by molar-refractivity contribution is 8.00. The molecule has 2 heterocycles. The predicted molar refractivity (Wildman–Crippen MR) is 126 cm³/mol. The predicted octanol–water partition coefficient (Wildman–Crippen LogP) is 6.38. The summed E-state index contributed by atoms with van der Waals surface area (Å²) in [6, 6.07) is 23.7. The number of aromatic nitrogens is 2. The fourth-order valence-electron chi connectivity index (χ4n) is 3.21. The maximum atomic E-state index is 13.1. The third-order valence-corrected chi connectivity index (χ3v) is 6.74. The molecular weight excluding hydrogens is 429 g/mol. The first kappa shape index (κ1) is 19.7. The number of pyridine rings is 1. The van der Waals surface area contributed by atoms with Gasteiger partial charge in [0.05, 0.1) is 21.5 Å². The Morgan fingerprint density at radius 3 is 2.48 bits per heavy atom. The summed E-state index contributed by atoms with van der Waals surface area (Å²) in [6.07, 6.45) is 0. The summed E-state index contributed by atoms with van der Waals surface area (Å²) in [4.78, 5) is 22.1. The number of amides is 1. The zero-order valence-corrected chi connectivity index (χ0v) is 17.8. The van der Waals surface area contributed by atoms with E-state index in [1.165, 1.54) is 23.9 Å². The number of carbonyl (C=O) groups excluding carboxylic acids is 1. The molecule has 5 rings (SSSR count). The van der Waals surface area contributed by atoms with Gasteiger partial charge in [-0.3, -0.25) is 4.79 Å². The molecule has 0 aliphatic heterocycles. The van der Waals surface area contributed by atoms with E-state index in [4.69, 9.17) is 9.97 Å².